The highest BCUT2D eigenvalue weighted by Gasteiger charge is 2.55. The molecule has 5 heterocycles. The van der Waals surface area contributed by atoms with Gasteiger partial charge in [0.05, 0.1) is 23.0 Å². The van der Waals surface area contributed by atoms with Crippen molar-refractivity contribution in [2.45, 2.75) is 83.3 Å². The highest BCUT2D eigenvalue weighted by Crippen LogP contribution is 2.52. The van der Waals surface area contributed by atoms with Crippen molar-refractivity contribution in [3.8, 4) is 11.3 Å². The molecule has 0 atom stereocenters. The Bertz CT molecular complexity index is 1450. The third-order valence-corrected chi connectivity index (χ3v) is 10.0. The predicted molar refractivity (Wildman–Crippen MR) is 154 cm³/mol. The number of hydrogen-bond donors (Lipinski definition) is 0. The largest absolute Gasteiger partial charge is 0.381 e. The summed E-state index contributed by atoms with van der Waals surface area (Å²) in [5.41, 5.74) is 5.58. The van der Waals surface area contributed by atoms with Gasteiger partial charge in [-0.2, -0.15) is 0 Å². The lowest BCUT2D eigenvalue weighted by molar-refractivity contribution is -0.127. The molecule has 1 aromatic carbocycles. The fraction of sp³-hybridized carbons (Fsp3) is 0.581. The number of halogens is 1. The average Bonchev–Trinajstić information content (AvgIpc) is 3.54. The van der Waals surface area contributed by atoms with Crippen LogP contribution in [0.3, 0.4) is 0 Å². The molecule has 1 amide bonds. The van der Waals surface area contributed by atoms with E-state index in [1.807, 2.05) is 12.4 Å². The molecule has 1 aliphatic carbocycles. The molecular weight excluding hydrogens is 510 g/mol. The van der Waals surface area contributed by atoms with Gasteiger partial charge >= 0.3 is 0 Å². The van der Waals surface area contributed by atoms with Crippen LogP contribution in [0, 0.1) is 5.41 Å². The number of aromatic nitrogens is 3. The van der Waals surface area contributed by atoms with Crippen LogP contribution < -0.4 is 4.90 Å². The summed E-state index contributed by atoms with van der Waals surface area (Å²) in [6, 6.07) is 9.51. The van der Waals surface area contributed by atoms with Crippen LogP contribution in [0.5, 0.6) is 0 Å². The monoisotopic (exact) mass is 547 g/mol. The van der Waals surface area contributed by atoms with Crippen molar-refractivity contribution < 1.29 is 9.53 Å². The van der Waals surface area contributed by atoms with Gasteiger partial charge in [0.15, 0.2) is 5.15 Å². The number of imidazole rings is 1. The van der Waals surface area contributed by atoms with Crippen molar-refractivity contribution in [3.63, 3.8) is 0 Å². The Balaban J connectivity index is 1.25. The lowest BCUT2D eigenvalue weighted by Crippen LogP contribution is -2.57. The summed E-state index contributed by atoms with van der Waals surface area (Å²) in [7, 11) is 0. The number of carbonyl (C=O) groups is 1. The maximum Gasteiger partial charge on any atom is 0.238 e. The van der Waals surface area contributed by atoms with Crippen LogP contribution in [0.2, 0.25) is 5.15 Å². The highest BCUT2D eigenvalue weighted by atomic mass is 35.5. The van der Waals surface area contributed by atoms with E-state index < -0.39 is 5.41 Å². The second-order valence-electron chi connectivity index (χ2n) is 13.2. The zero-order valence-electron chi connectivity index (χ0n) is 23.4. The van der Waals surface area contributed by atoms with Gasteiger partial charge in [0, 0.05) is 49.1 Å². The van der Waals surface area contributed by atoms with E-state index >= 15 is 0 Å². The number of ether oxygens (including phenoxy) is 1. The van der Waals surface area contributed by atoms with E-state index in [1.165, 1.54) is 13.0 Å². The average molecular weight is 548 g/mol. The minimum absolute atomic E-state index is 0.239. The summed E-state index contributed by atoms with van der Waals surface area (Å²) in [6.07, 6.45) is 6.66. The molecule has 2 aromatic heterocycles. The van der Waals surface area contributed by atoms with Crippen LogP contribution in [0.4, 0.5) is 5.69 Å². The molecule has 3 fully saturated rings. The fourth-order valence-electron chi connectivity index (χ4n) is 7.40. The Morgan fingerprint density at radius 2 is 1.85 bits per heavy atom. The predicted octanol–water partition coefficient (Wildman–Crippen LogP) is 5.99. The number of likely N-dealkylation sites (tertiary alicyclic amines) is 1. The molecule has 2 saturated heterocycles. The van der Waals surface area contributed by atoms with Crippen molar-refractivity contribution in [2.24, 2.45) is 5.41 Å². The molecule has 7 rings (SSSR count). The number of anilines is 1. The molecule has 39 heavy (non-hydrogen) atoms. The first-order valence-electron chi connectivity index (χ1n) is 14.5. The van der Waals surface area contributed by atoms with Crippen LogP contribution in [0.25, 0.3) is 22.3 Å². The summed E-state index contributed by atoms with van der Waals surface area (Å²) in [5, 5.41) is 0.457. The van der Waals surface area contributed by atoms with E-state index in [9.17, 15) is 4.79 Å². The lowest BCUT2D eigenvalue weighted by atomic mass is 9.75. The minimum atomic E-state index is -0.474. The van der Waals surface area contributed by atoms with Gasteiger partial charge in [-0.15, -0.1) is 0 Å². The maximum atomic E-state index is 14.3. The zero-order valence-corrected chi connectivity index (χ0v) is 24.2. The van der Waals surface area contributed by atoms with E-state index in [-0.39, 0.29) is 18.0 Å². The standard InChI is InChI=1S/C31H38ClN5O2/c1-19(2)36-18-33-25-16-24(34-28(32)27(25)36)20-5-6-23-26(13-20)37(29(38)31(23)8-11-39-12-9-31)22-14-21(15-22)35-10-7-30(3,4)17-35/h5-6,13,16,18-19,21-22H,7-12,14-15,17H2,1-4H3. The molecule has 3 aromatic rings. The highest BCUT2D eigenvalue weighted by molar-refractivity contribution is 6.34. The number of fused-ring (bicyclic) bond motifs is 3. The molecule has 1 saturated carbocycles. The quantitative estimate of drug-likeness (QED) is 0.375. The second-order valence-corrected chi connectivity index (χ2v) is 13.5. The molecule has 0 unspecified atom stereocenters. The number of rotatable bonds is 4. The van der Waals surface area contributed by atoms with Gasteiger partial charge in [-0.05, 0) is 75.6 Å². The Morgan fingerprint density at radius 3 is 2.54 bits per heavy atom. The zero-order chi connectivity index (χ0) is 27.1. The van der Waals surface area contributed by atoms with Gasteiger partial charge in [0.2, 0.25) is 5.91 Å². The van der Waals surface area contributed by atoms with E-state index in [1.54, 1.807) is 0 Å². The van der Waals surface area contributed by atoms with Crippen molar-refractivity contribution in [2.75, 3.05) is 31.2 Å². The smallest absolute Gasteiger partial charge is 0.238 e. The fourth-order valence-corrected chi connectivity index (χ4v) is 7.69. The SMILES string of the molecule is CC(C)n1cnc2cc(-c3ccc4c(c3)N(C3CC(N5CCC(C)(C)C5)C3)C(=O)C43CCOCC3)nc(Cl)c21. The number of benzene rings is 1. The Morgan fingerprint density at radius 1 is 1.08 bits per heavy atom. The molecule has 206 valence electrons. The van der Waals surface area contributed by atoms with E-state index in [4.69, 9.17) is 21.3 Å². The summed E-state index contributed by atoms with van der Waals surface area (Å²) in [5.74, 6) is 0.264. The molecule has 1 spiro atoms. The first-order valence-corrected chi connectivity index (χ1v) is 14.9. The van der Waals surface area contributed by atoms with Gasteiger partial charge < -0.3 is 14.2 Å². The Hall–Kier alpha value is -2.48. The van der Waals surface area contributed by atoms with Gasteiger partial charge in [-0.25, -0.2) is 9.97 Å². The molecule has 0 radical (unpaired) electrons. The minimum Gasteiger partial charge on any atom is -0.381 e. The first-order chi connectivity index (χ1) is 18.7. The Labute approximate surface area is 235 Å². The first kappa shape index (κ1) is 25.5. The maximum absolute atomic E-state index is 14.3. The second kappa shape index (κ2) is 9.02. The number of hydrogen-bond acceptors (Lipinski definition) is 5. The molecule has 4 aliphatic rings. The van der Waals surface area contributed by atoms with Gasteiger partial charge in [0.25, 0.3) is 0 Å². The van der Waals surface area contributed by atoms with Crippen LogP contribution in [-0.4, -0.2) is 63.7 Å². The lowest BCUT2D eigenvalue weighted by Gasteiger charge is -2.46. The third-order valence-electron chi connectivity index (χ3n) is 9.79. The van der Waals surface area contributed by atoms with Crippen molar-refractivity contribution in [1.29, 1.82) is 0 Å². The summed E-state index contributed by atoms with van der Waals surface area (Å²) in [4.78, 5) is 28.5. The van der Waals surface area contributed by atoms with E-state index in [0.717, 1.165) is 65.8 Å². The van der Waals surface area contributed by atoms with Crippen LogP contribution in [0.15, 0.2) is 30.6 Å². The molecule has 7 nitrogen and oxygen atoms in total. The topological polar surface area (TPSA) is 63.5 Å². The van der Waals surface area contributed by atoms with E-state index in [0.29, 0.717) is 29.8 Å². The van der Waals surface area contributed by atoms with Crippen LogP contribution in [0.1, 0.15) is 71.4 Å². The van der Waals surface area contributed by atoms with Crippen LogP contribution >= 0.6 is 11.6 Å². The number of nitrogens with zero attached hydrogens (tertiary/aromatic N) is 5. The normalized spacial score (nSPS) is 26.1. The molecule has 0 bridgehead atoms. The van der Waals surface area contributed by atoms with Gasteiger partial charge in [0.1, 0.15) is 5.52 Å². The number of carbonyl (C=O) groups excluding carboxylic acids is 1. The van der Waals surface area contributed by atoms with Crippen molar-refractivity contribution in [3.05, 3.63) is 41.3 Å². The third kappa shape index (κ3) is 3.95. The summed E-state index contributed by atoms with van der Waals surface area (Å²) >= 11 is 6.71. The molecule has 0 N–H and O–H groups in total. The van der Waals surface area contributed by atoms with E-state index in [2.05, 4.69) is 65.2 Å². The van der Waals surface area contributed by atoms with Gasteiger partial charge in [-0.1, -0.05) is 37.6 Å². The molecular formula is C31H38ClN5O2. The number of pyridine rings is 1. The Kier molecular flexibility index (Phi) is 5.89. The summed E-state index contributed by atoms with van der Waals surface area (Å²) in [6.45, 7) is 12.5. The van der Waals surface area contributed by atoms with Crippen LogP contribution in [-0.2, 0) is 14.9 Å². The van der Waals surface area contributed by atoms with Gasteiger partial charge in [-0.3, -0.25) is 9.69 Å². The molecule has 8 heteroatoms. The van der Waals surface area contributed by atoms with Crippen molar-refractivity contribution in [1.82, 2.24) is 19.4 Å². The molecule has 3 aliphatic heterocycles. The number of amides is 1. The summed E-state index contributed by atoms with van der Waals surface area (Å²) < 4.78 is 7.77. The van der Waals surface area contributed by atoms with Crippen molar-refractivity contribution >= 4 is 34.2 Å².